The van der Waals surface area contributed by atoms with Gasteiger partial charge in [-0.3, -0.25) is 9.48 Å². The lowest BCUT2D eigenvalue weighted by molar-refractivity contribution is -0.164. The van der Waals surface area contributed by atoms with E-state index in [0.717, 1.165) is 24.6 Å². The number of nitrogens with zero attached hydrogens (tertiary/aromatic N) is 2. The van der Waals surface area contributed by atoms with E-state index in [4.69, 9.17) is 16.3 Å². The Morgan fingerprint density at radius 1 is 1.27 bits per heavy atom. The van der Waals surface area contributed by atoms with E-state index in [0.29, 0.717) is 21.9 Å². The number of aromatic nitrogens is 2. The molecule has 0 unspecified atom stereocenters. The lowest BCUT2D eigenvalue weighted by atomic mass is 9.44. The summed E-state index contributed by atoms with van der Waals surface area (Å²) in [6.45, 7) is -2.88. The number of carbonyl (C=O) groups excluding carboxylic acids is 1. The second-order valence-corrected chi connectivity index (χ2v) is 9.67. The maximum atomic E-state index is 12.9. The third-order valence-corrected chi connectivity index (χ3v) is 7.14. The van der Waals surface area contributed by atoms with Crippen LogP contribution in [0.4, 0.5) is 8.78 Å². The van der Waals surface area contributed by atoms with Gasteiger partial charge in [0.15, 0.2) is 6.10 Å². The second-order valence-electron chi connectivity index (χ2n) is 9.24. The fourth-order valence-electron chi connectivity index (χ4n) is 5.45. The van der Waals surface area contributed by atoms with Gasteiger partial charge in [0.1, 0.15) is 11.5 Å². The van der Waals surface area contributed by atoms with Crippen molar-refractivity contribution in [2.24, 2.45) is 0 Å². The van der Waals surface area contributed by atoms with Gasteiger partial charge in [-0.2, -0.15) is 13.9 Å². The average Bonchev–Trinajstić information content (AvgIpc) is 3.12. The molecule has 10 heteroatoms. The molecular weight excluding hydrogens is 456 g/mol. The molecule has 2 heterocycles. The number of carbonyl (C=O) groups is 1. The first-order valence-corrected chi connectivity index (χ1v) is 11.0. The van der Waals surface area contributed by atoms with Gasteiger partial charge in [-0.25, -0.2) is 0 Å². The highest BCUT2D eigenvalue weighted by Crippen LogP contribution is 2.65. The van der Waals surface area contributed by atoms with Crippen LogP contribution >= 0.6 is 11.6 Å². The Labute approximate surface area is 192 Å². The summed E-state index contributed by atoms with van der Waals surface area (Å²) in [5.74, 6) is 0.310. The Balaban J connectivity index is 1.12. The van der Waals surface area contributed by atoms with Gasteiger partial charge < -0.3 is 19.9 Å². The summed E-state index contributed by atoms with van der Waals surface area (Å²) < 4.78 is 37.1. The molecule has 2 aromatic carbocycles. The number of benzene rings is 2. The van der Waals surface area contributed by atoms with Crippen molar-refractivity contribution in [2.75, 3.05) is 0 Å². The summed E-state index contributed by atoms with van der Waals surface area (Å²) in [4.78, 5) is 12.9. The fraction of sp³-hybridized carbons (Fsp3) is 0.391. The smallest absolute Gasteiger partial charge is 0.387 e. The van der Waals surface area contributed by atoms with Gasteiger partial charge in [0.05, 0.1) is 17.2 Å². The molecule has 33 heavy (non-hydrogen) atoms. The van der Waals surface area contributed by atoms with Gasteiger partial charge in [-0.1, -0.05) is 11.6 Å². The van der Waals surface area contributed by atoms with Crippen molar-refractivity contribution in [3.05, 3.63) is 53.2 Å². The minimum absolute atomic E-state index is 0.0943. The first kappa shape index (κ1) is 20.7. The molecule has 172 valence electrons. The fourth-order valence-corrected chi connectivity index (χ4v) is 5.63. The van der Waals surface area contributed by atoms with Crippen LogP contribution in [0.1, 0.15) is 37.4 Å². The number of ether oxygens (including phenoxy) is 2. The molecule has 3 fully saturated rings. The van der Waals surface area contributed by atoms with E-state index in [-0.39, 0.29) is 29.2 Å². The molecule has 3 saturated carbocycles. The zero-order valence-electron chi connectivity index (χ0n) is 17.3. The zero-order chi connectivity index (χ0) is 23.0. The van der Waals surface area contributed by atoms with Gasteiger partial charge in [0.2, 0.25) is 0 Å². The Morgan fingerprint density at radius 3 is 2.82 bits per heavy atom. The lowest BCUT2D eigenvalue weighted by Gasteiger charge is -2.70. The maximum absolute atomic E-state index is 12.9. The highest BCUT2D eigenvalue weighted by Gasteiger charge is 2.70. The summed E-state index contributed by atoms with van der Waals surface area (Å²) in [7, 11) is 0. The van der Waals surface area contributed by atoms with E-state index in [1.807, 2.05) is 10.9 Å². The standard InChI is InChI=1S/C23H20ClF2N3O4/c24-13-1-4-18-15(6-13)17(30)7-19(33-18)20(31)27-22-9-23(10-22,11-22)29-8-12-5-14(32-21(25)26)2-3-16(12)28-29/h1-6,8,17,19,21,30H,7,9-11H2,(H,27,31)/t17-,19-,22?,23?/m1/s1. The van der Waals surface area contributed by atoms with Crippen LogP contribution in [0.15, 0.2) is 42.6 Å². The van der Waals surface area contributed by atoms with Crippen molar-refractivity contribution >= 4 is 28.4 Å². The molecule has 1 amide bonds. The molecular formula is C23H20ClF2N3O4. The summed E-state index contributed by atoms with van der Waals surface area (Å²) in [6.07, 6.45) is 2.57. The van der Waals surface area contributed by atoms with Gasteiger partial charge in [-0.15, -0.1) is 0 Å². The van der Waals surface area contributed by atoms with Crippen molar-refractivity contribution in [3.63, 3.8) is 0 Å². The molecule has 1 aromatic heterocycles. The number of halogens is 3. The number of hydrogen-bond acceptors (Lipinski definition) is 5. The van der Waals surface area contributed by atoms with E-state index >= 15 is 0 Å². The van der Waals surface area contributed by atoms with Crippen molar-refractivity contribution in [1.29, 1.82) is 0 Å². The Kier molecular flexibility index (Phi) is 4.41. The largest absolute Gasteiger partial charge is 0.480 e. The minimum atomic E-state index is -2.88. The highest BCUT2D eigenvalue weighted by atomic mass is 35.5. The van der Waals surface area contributed by atoms with E-state index in [1.54, 1.807) is 30.3 Å². The predicted octanol–water partition coefficient (Wildman–Crippen LogP) is 3.92. The summed E-state index contributed by atoms with van der Waals surface area (Å²) >= 11 is 5.99. The van der Waals surface area contributed by atoms with E-state index in [9.17, 15) is 18.7 Å². The van der Waals surface area contributed by atoms with E-state index in [1.165, 1.54) is 6.07 Å². The first-order chi connectivity index (χ1) is 15.7. The molecule has 0 saturated heterocycles. The summed E-state index contributed by atoms with van der Waals surface area (Å²) in [5, 5.41) is 19.4. The van der Waals surface area contributed by atoms with Gasteiger partial charge >= 0.3 is 6.61 Å². The first-order valence-electron chi connectivity index (χ1n) is 10.7. The third kappa shape index (κ3) is 3.33. The topological polar surface area (TPSA) is 85.6 Å². The van der Waals surface area contributed by atoms with Crippen LogP contribution in [-0.2, 0) is 10.3 Å². The predicted molar refractivity (Wildman–Crippen MR) is 115 cm³/mol. The summed E-state index contributed by atoms with van der Waals surface area (Å²) in [6, 6.07) is 9.65. The normalized spacial score (nSPS) is 29.6. The Hall–Kier alpha value is -2.91. The molecule has 3 aliphatic carbocycles. The quantitative estimate of drug-likeness (QED) is 0.584. The summed E-state index contributed by atoms with van der Waals surface area (Å²) in [5.41, 5.74) is 0.784. The maximum Gasteiger partial charge on any atom is 0.387 e. The number of aliphatic hydroxyl groups excluding tert-OH is 1. The zero-order valence-corrected chi connectivity index (χ0v) is 18.1. The molecule has 7 nitrogen and oxygen atoms in total. The number of hydrogen-bond donors (Lipinski definition) is 2. The van der Waals surface area contributed by atoms with Gasteiger partial charge in [-0.05, 0) is 55.7 Å². The van der Waals surface area contributed by atoms with Crippen LogP contribution in [0.25, 0.3) is 10.9 Å². The molecule has 2 atom stereocenters. The number of rotatable bonds is 5. The molecule has 0 radical (unpaired) electrons. The van der Waals surface area contributed by atoms with E-state index < -0.39 is 18.8 Å². The van der Waals surface area contributed by atoms with Crippen molar-refractivity contribution in [1.82, 2.24) is 15.1 Å². The molecule has 2 bridgehead atoms. The number of amides is 1. The lowest BCUT2D eigenvalue weighted by Crippen LogP contribution is -2.79. The molecule has 3 aromatic rings. The monoisotopic (exact) mass is 475 g/mol. The Bertz CT molecular complexity index is 1260. The van der Waals surface area contributed by atoms with Crippen LogP contribution in [0.3, 0.4) is 0 Å². The number of aliphatic hydroxyl groups is 1. The molecule has 4 aliphatic rings. The number of alkyl halides is 2. The number of fused-ring (bicyclic) bond motifs is 2. The van der Waals surface area contributed by atoms with Crippen LogP contribution in [0.2, 0.25) is 5.02 Å². The van der Waals surface area contributed by atoms with Crippen molar-refractivity contribution < 1.29 is 28.2 Å². The minimum Gasteiger partial charge on any atom is -0.480 e. The van der Waals surface area contributed by atoms with Crippen LogP contribution in [0.5, 0.6) is 11.5 Å². The molecule has 1 aliphatic heterocycles. The average molecular weight is 476 g/mol. The van der Waals surface area contributed by atoms with Gasteiger partial charge in [0, 0.05) is 34.1 Å². The van der Waals surface area contributed by atoms with Crippen molar-refractivity contribution in [2.45, 2.75) is 55.6 Å². The molecule has 0 spiro atoms. The highest BCUT2D eigenvalue weighted by molar-refractivity contribution is 6.30. The molecule has 7 rings (SSSR count). The van der Waals surface area contributed by atoms with Crippen LogP contribution in [-0.4, -0.2) is 39.0 Å². The van der Waals surface area contributed by atoms with Crippen molar-refractivity contribution in [3.8, 4) is 11.5 Å². The molecule has 2 N–H and O–H groups in total. The van der Waals surface area contributed by atoms with Crippen LogP contribution in [0, 0.1) is 0 Å². The third-order valence-electron chi connectivity index (χ3n) is 6.91. The SMILES string of the molecule is O=C(NC12CC(n3cc4cc(OC(F)F)ccc4n3)(C1)C2)[C@H]1C[C@@H](O)c2cc(Cl)ccc2O1. The number of nitrogens with one attached hydrogen (secondary N) is 1. The Morgan fingerprint density at radius 2 is 2.06 bits per heavy atom. The second kappa shape index (κ2) is 7.04. The van der Waals surface area contributed by atoms with E-state index in [2.05, 4.69) is 15.2 Å². The van der Waals surface area contributed by atoms with Crippen LogP contribution < -0.4 is 14.8 Å². The van der Waals surface area contributed by atoms with Gasteiger partial charge in [0.25, 0.3) is 5.91 Å².